The molecule has 0 aromatic rings. The van der Waals surface area contributed by atoms with E-state index in [1.54, 1.807) is 13.0 Å². The normalized spacial score (nSPS) is 44.9. The second-order valence-corrected chi connectivity index (χ2v) is 12.6. The Morgan fingerprint density at radius 3 is 2.73 bits per heavy atom. The van der Waals surface area contributed by atoms with Gasteiger partial charge in [0.25, 0.3) is 0 Å². The minimum absolute atomic E-state index is 0.0940. The molecule has 5 aliphatic rings. The summed E-state index contributed by atoms with van der Waals surface area (Å²) in [6.07, 6.45) is 13.6. The van der Waals surface area contributed by atoms with E-state index in [2.05, 4.69) is 45.0 Å². The van der Waals surface area contributed by atoms with Crippen molar-refractivity contribution in [2.45, 2.75) is 115 Å². The molecular formula is C32H45NO7. The third kappa shape index (κ3) is 5.48. The Hall–Kier alpha value is -2.26. The fourth-order valence-electron chi connectivity index (χ4n) is 7.22. The number of carbonyl (C=O) groups excluding carboxylic acids is 1. The van der Waals surface area contributed by atoms with Gasteiger partial charge in [0.1, 0.15) is 29.4 Å². The molecule has 2 bridgehead atoms. The van der Waals surface area contributed by atoms with Gasteiger partial charge < -0.3 is 29.3 Å². The van der Waals surface area contributed by atoms with Crippen LogP contribution in [0.15, 0.2) is 52.3 Å². The molecule has 0 amide bonds. The second kappa shape index (κ2) is 11.6. The van der Waals surface area contributed by atoms with Crippen LogP contribution in [0.25, 0.3) is 0 Å². The molecule has 0 unspecified atom stereocenters. The molecule has 2 N–H and O–H groups in total. The lowest BCUT2D eigenvalue weighted by Gasteiger charge is -2.49. The lowest BCUT2D eigenvalue weighted by molar-refractivity contribution is -0.335. The first-order valence-corrected chi connectivity index (χ1v) is 14.9. The minimum Gasteiger partial charge on any atom is -0.462 e. The summed E-state index contributed by atoms with van der Waals surface area (Å²) in [7, 11) is 0. The molecule has 220 valence electrons. The number of oxime groups is 1. The molecule has 4 aliphatic heterocycles. The lowest BCUT2D eigenvalue weighted by atomic mass is 9.71. The van der Waals surface area contributed by atoms with Gasteiger partial charge in [0, 0.05) is 19.3 Å². The zero-order valence-electron chi connectivity index (χ0n) is 24.5. The summed E-state index contributed by atoms with van der Waals surface area (Å²) in [5.41, 5.74) is 0.922. The van der Waals surface area contributed by atoms with Gasteiger partial charge in [-0.2, -0.15) is 0 Å². The van der Waals surface area contributed by atoms with E-state index in [0.29, 0.717) is 29.9 Å². The highest BCUT2D eigenvalue weighted by atomic mass is 16.7. The molecule has 3 fully saturated rings. The van der Waals surface area contributed by atoms with Gasteiger partial charge in [-0.15, -0.1) is 0 Å². The maximum absolute atomic E-state index is 13.9. The summed E-state index contributed by atoms with van der Waals surface area (Å²) in [5.74, 6) is -1.60. The molecule has 9 atom stereocenters. The van der Waals surface area contributed by atoms with Crippen molar-refractivity contribution in [1.82, 2.24) is 0 Å². The molecule has 0 aromatic carbocycles. The first kappa shape index (κ1) is 29.2. The van der Waals surface area contributed by atoms with Crippen LogP contribution in [-0.4, -0.2) is 64.4 Å². The van der Waals surface area contributed by atoms with Crippen molar-refractivity contribution in [2.75, 3.05) is 6.61 Å². The number of hydrogen-bond donors (Lipinski definition) is 2. The first-order valence-electron chi connectivity index (χ1n) is 14.9. The van der Waals surface area contributed by atoms with Gasteiger partial charge in [-0.3, -0.25) is 4.79 Å². The fourth-order valence-corrected chi connectivity index (χ4v) is 7.22. The number of nitrogens with zero attached hydrogens (tertiary/aromatic N) is 1. The molecule has 0 radical (unpaired) electrons. The third-order valence-corrected chi connectivity index (χ3v) is 9.45. The summed E-state index contributed by atoms with van der Waals surface area (Å²) in [5, 5.41) is 25.3. The van der Waals surface area contributed by atoms with Crippen LogP contribution in [0.5, 0.6) is 0 Å². The topological polar surface area (TPSA) is 107 Å². The average Bonchev–Trinajstić information content (AvgIpc) is 3.24. The number of carbonyl (C=O) groups is 1. The van der Waals surface area contributed by atoms with E-state index in [0.717, 1.165) is 32.1 Å². The Labute approximate surface area is 237 Å². The number of aliphatic hydroxyl groups is 1. The van der Waals surface area contributed by atoms with Crippen molar-refractivity contribution >= 4 is 11.7 Å². The molecule has 1 aliphatic carbocycles. The first-order chi connectivity index (χ1) is 19.1. The number of rotatable bonds is 1. The van der Waals surface area contributed by atoms with Crippen LogP contribution in [0.3, 0.4) is 0 Å². The van der Waals surface area contributed by atoms with Crippen LogP contribution in [-0.2, 0) is 23.7 Å². The highest BCUT2D eigenvalue weighted by Gasteiger charge is 2.59. The second-order valence-electron chi connectivity index (χ2n) is 12.6. The zero-order chi connectivity index (χ0) is 28.7. The average molecular weight is 556 g/mol. The predicted molar refractivity (Wildman–Crippen MR) is 151 cm³/mol. The van der Waals surface area contributed by atoms with E-state index < -0.39 is 35.5 Å². The van der Waals surface area contributed by atoms with Crippen molar-refractivity contribution < 1.29 is 34.1 Å². The van der Waals surface area contributed by atoms with Crippen LogP contribution < -0.4 is 0 Å². The van der Waals surface area contributed by atoms with E-state index in [4.69, 9.17) is 18.9 Å². The monoisotopic (exact) mass is 555 g/mol. The van der Waals surface area contributed by atoms with E-state index in [-0.39, 0.29) is 30.4 Å². The molecule has 3 saturated heterocycles. The fraction of sp³-hybridized carbons (Fsp3) is 0.688. The summed E-state index contributed by atoms with van der Waals surface area (Å²) in [4.78, 5) is 13.9. The smallest absolute Gasteiger partial charge is 0.316 e. The molecule has 1 spiro atoms. The van der Waals surface area contributed by atoms with Gasteiger partial charge in [-0.05, 0) is 62.5 Å². The van der Waals surface area contributed by atoms with Gasteiger partial charge in [-0.1, -0.05) is 61.9 Å². The molecule has 4 heterocycles. The third-order valence-electron chi connectivity index (χ3n) is 9.45. The van der Waals surface area contributed by atoms with E-state index in [1.165, 1.54) is 5.57 Å². The molecule has 0 saturated carbocycles. The number of fused-ring (bicyclic) bond motifs is 2. The van der Waals surface area contributed by atoms with Gasteiger partial charge in [-0.25, -0.2) is 0 Å². The Morgan fingerprint density at radius 2 is 1.98 bits per heavy atom. The number of hydrogen-bond acceptors (Lipinski definition) is 8. The molecule has 5 rings (SSSR count). The Balaban J connectivity index is 1.53. The largest absolute Gasteiger partial charge is 0.462 e. The summed E-state index contributed by atoms with van der Waals surface area (Å²) in [6.45, 7) is 10.5. The number of esters is 1. The van der Waals surface area contributed by atoms with Gasteiger partial charge in [0.2, 0.25) is 0 Å². The van der Waals surface area contributed by atoms with E-state index in [9.17, 15) is 15.1 Å². The highest BCUT2D eigenvalue weighted by molar-refractivity contribution is 6.06. The summed E-state index contributed by atoms with van der Waals surface area (Å²) in [6, 6.07) is 0. The number of allylic oxidation sites excluding steroid dienone is 4. The van der Waals surface area contributed by atoms with Crippen molar-refractivity contribution in [2.24, 2.45) is 22.9 Å². The standard InChI is InChI=1S/C32H45NO7/c1-6-27-21(4)12-13-31(40-27)17-25-16-24(39-31)11-10-20(3)14-19(2)8-7-9-23-18-37-29-28(33-36)22(5)15-26(30(34)38-25)32(23,29)35/h7-10,15,19,21,24-27,29,35-36H,6,11-14,16-18H2,1-5H3/b8-7?,20-10-,23-9?,33-28-/t19-,21-,24+,25-,26-,27+,29+,31+,32+/m0/s1. The minimum atomic E-state index is -1.72. The predicted octanol–water partition coefficient (Wildman–Crippen LogP) is 5.39. The molecular weight excluding hydrogens is 510 g/mol. The van der Waals surface area contributed by atoms with Crippen LogP contribution in [0.1, 0.15) is 79.6 Å². The Kier molecular flexibility index (Phi) is 8.44. The highest BCUT2D eigenvalue weighted by Crippen LogP contribution is 2.46. The number of ether oxygens (including phenoxy) is 4. The molecule has 8 heteroatoms. The molecule has 0 aromatic heterocycles. The maximum atomic E-state index is 13.9. The van der Waals surface area contributed by atoms with Crippen LogP contribution >= 0.6 is 0 Å². The van der Waals surface area contributed by atoms with Crippen molar-refractivity contribution in [1.29, 1.82) is 0 Å². The van der Waals surface area contributed by atoms with Crippen molar-refractivity contribution in [3.8, 4) is 0 Å². The SMILES string of the molecule is CC[C@H]1O[C@]2(CC[C@@H]1C)C[C@@H]1C[C@@H](C/C=C(/C)C[C@@H](C)C=CC=C3CO[C@@H]4/C(=N\O)C(C)=C[C@@H](C(=O)O1)[C@]34O)O2. The Morgan fingerprint density at radius 1 is 1.18 bits per heavy atom. The summed E-state index contributed by atoms with van der Waals surface area (Å²) >= 11 is 0. The van der Waals surface area contributed by atoms with Crippen molar-refractivity contribution in [3.05, 3.63) is 47.1 Å². The summed E-state index contributed by atoms with van der Waals surface area (Å²) < 4.78 is 25.5. The van der Waals surface area contributed by atoms with Crippen LogP contribution in [0, 0.1) is 17.8 Å². The Bertz CT molecular complexity index is 1140. The van der Waals surface area contributed by atoms with E-state index >= 15 is 0 Å². The molecule has 8 nitrogen and oxygen atoms in total. The van der Waals surface area contributed by atoms with Crippen LogP contribution in [0.4, 0.5) is 0 Å². The zero-order valence-corrected chi connectivity index (χ0v) is 24.5. The molecule has 40 heavy (non-hydrogen) atoms. The van der Waals surface area contributed by atoms with Gasteiger partial charge in [0.05, 0.1) is 18.8 Å². The van der Waals surface area contributed by atoms with Crippen molar-refractivity contribution in [3.63, 3.8) is 0 Å². The van der Waals surface area contributed by atoms with Gasteiger partial charge >= 0.3 is 5.97 Å². The van der Waals surface area contributed by atoms with Gasteiger partial charge in [0.15, 0.2) is 5.79 Å². The van der Waals surface area contributed by atoms with Crippen LogP contribution in [0.2, 0.25) is 0 Å². The maximum Gasteiger partial charge on any atom is 0.316 e. The lowest BCUT2D eigenvalue weighted by Crippen LogP contribution is -2.57. The van der Waals surface area contributed by atoms with E-state index in [1.807, 2.05) is 12.2 Å². The quantitative estimate of drug-likeness (QED) is 0.193.